The lowest BCUT2D eigenvalue weighted by molar-refractivity contribution is 0.0602. The summed E-state index contributed by atoms with van der Waals surface area (Å²) in [6.45, 7) is 3.80. The molecule has 3 aromatic rings. The third-order valence-electron chi connectivity index (χ3n) is 3.79. The molecule has 0 aliphatic heterocycles. The Hall–Kier alpha value is -3.34. The van der Waals surface area contributed by atoms with E-state index in [2.05, 4.69) is 6.58 Å². The summed E-state index contributed by atoms with van der Waals surface area (Å²) in [6.07, 6.45) is 1.73. The Bertz CT molecular complexity index is 1020. The van der Waals surface area contributed by atoms with Crippen molar-refractivity contribution in [3.05, 3.63) is 70.6 Å². The molecule has 2 aromatic carbocycles. The fraction of sp³-hybridized carbons (Fsp3) is 0.0526. The number of ether oxygens (including phenoxy) is 1. The molecule has 0 aliphatic carbocycles. The number of hydrogen-bond acceptors (Lipinski definition) is 5. The zero-order valence-electron chi connectivity index (χ0n) is 13.0. The van der Waals surface area contributed by atoms with Crippen molar-refractivity contribution in [3.8, 4) is 11.1 Å². The molecule has 0 fully saturated rings. The lowest BCUT2D eigenvalue weighted by atomic mass is 9.96. The molecule has 2 N–H and O–H groups in total. The average molecular weight is 321 g/mol. The van der Waals surface area contributed by atoms with Gasteiger partial charge in [-0.2, -0.15) is 0 Å². The Labute approximate surface area is 138 Å². The minimum Gasteiger partial charge on any atom is -0.465 e. The smallest absolute Gasteiger partial charge is 0.338 e. The Kier molecular flexibility index (Phi) is 3.92. The van der Waals surface area contributed by atoms with Crippen LogP contribution in [0.4, 0.5) is 5.69 Å². The van der Waals surface area contributed by atoms with Gasteiger partial charge in [-0.3, -0.25) is 0 Å². The number of rotatable bonds is 3. The van der Waals surface area contributed by atoms with Gasteiger partial charge in [-0.1, -0.05) is 36.9 Å². The maximum Gasteiger partial charge on any atom is 0.338 e. The number of fused-ring (bicyclic) bond motifs is 1. The molecule has 0 spiro atoms. The lowest BCUT2D eigenvalue weighted by Crippen LogP contribution is -2.08. The van der Waals surface area contributed by atoms with E-state index in [1.165, 1.54) is 7.11 Å². The molecule has 0 radical (unpaired) electrons. The van der Waals surface area contributed by atoms with E-state index in [0.29, 0.717) is 11.1 Å². The summed E-state index contributed by atoms with van der Waals surface area (Å²) < 4.78 is 9.91. The maximum absolute atomic E-state index is 12.0. The molecule has 3 rings (SSSR count). The molecule has 0 amide bonds. The summed E-state index contributed by atoms with van der Waals surface area (Å²) in [7, 11) is 1.26. The van der Waals surface area contributed by atoms with Crippen molar-refractivity contribution in [1.82, 2.24) is 0 Å². The monoisotopic (exact) mass is 321 g/mol. The van der Waals surface area contributed by atoms with Gasteiger partial charge in [0, 0.05) is 28.8 Å². The van der Waals surface area contributed by atoms with Gasteiger partial charge in [-0.15, -0.1) is 0 Å². The van der Waals surface area contributed by atoms with E-state index in [1.807, 2.05) is 24.3 Å². The van der Waals surface area contributed by atoms with Crippen molar-refractivity contribution in [2.75, 3.05) is 12.8 Å². The summed E-state index contributed by atoms with van der Waals surface area (Å²) in [5.41, 5.74) is 8.80. The Morgan fingerprint density at radius 3 is 2.67 bits per heavy atom. The largest absolute Gasteiger partial charge is 0.465 e. The number of methoxy groups -OCH3 is 1. The number of carbonyl (C=O) groups excluding carboxylic acids is 1. The van der Waals surface area contributed by atoms with Crippen LogP contribution in [0.3, 0.4) is 0 Å². The van der Waals surface area contributed by atoms with Crippen molar-refractivity contribution in [2.24, 2.45) is 0 Å². The summed E-state index contributed by atoms with van der Waals surface area (Å²) >= 11 is 0. The van der Waals surface area contributed by atoms with E-state index >= 15 is 0 Å². The van der Waals surface area contributed by atoms with Gasteiger partial charge in [0.05, 0.1) is 12.7 Å². The van der Waals surface area contributed by atoms with E-state index in [0.717, 1.165) is 22.8 Å². The molecule has 0 unspecified atom stereocenters. The van der Waals surface area contributed by atoms with Gasteiger partial charge in [-0.05, 0) is 17.2 Å². The molecule has 0 saturated heterocycles. The van der Waals surface area contributed by atoms with E-state index in [4.69, 9.17) is 14.9 Å². The Morgan fingerprint density at radius 1 is 1.21 bits per heavy atom. The number of benzene rings is 2. The van der Waals surface area contributed by atoms with Gasteiger partial charge >= 0.3 is 11.6 Å². The predicted octanol–water partition coefficient (Wildman–Crippen LogP) is 3.47. The van der Waals surface area contributed by atoms with Crippen molar-refractivity contribution in [3.63, 3.8) is 0 Å². The number of anilines is 1. The first-order valence-corrected chi connectivity index (χ1v) is 7.22. The molecule has 120 valence electrons. The number of carbonyl (C=O) groups is 1. The third kappa shape index (κ3) is 2.56. The maximum atomic E-state index is 12.0. The fourth-order valence-corrected chi connectivity index (χ4v) is 2.66. The van der Waals surface area contributed by atoms with Gasteiger partial charge in [0.2, 0.25) is 0 Å². The van der Waals surface area contributed by atoms with Crippen LogP contribution in [0.2, 0.25) is 0 Å². The van der Waals surface area contributed by atoms with Crippen LogP contribution in [0.1, 0.15) is 15.9 Å². The van der Waals surface area contributed by atoms with Crippen LogP contribution in [0.5, 0.6) is 0 Å². The Morgan fingerprint density at radius 2 is 1.96 bits per heavy atom. The SMILES string of the molecule is C=Cc1ccccc1-c1cc2c(C(=O)OC)cc(=O)oc2cc1N. The van der Waals surface area contributed by atoms with Crippen molar-refractivity contribution in [2.45, 2.75) is 0 Å². The average Bonchev–Trinajstić information content (AvgIpc) is 2.59. The van der Waals surface area contributed by atoms with Gasteiger partial charge in [0.15, 0.2) is 0 Å². The van der Waals surface area contributed by atoms with Crippen LogP contribution in [-0.2, 0) is 4.74 Å². The molecular weight excluding hydrogens is 306 g/mol. The third-order valence-corrected chi connectivity index (χ3v) is 3.79. The highest BCUT2D eigenvalue weighted by Crippen LogP contribution is 2.34. The summed E-state index contributed by atoms with van der Waals surface area (Å²) in [5.74, 6) is -0.611. The number of hydrogen-bond donors (Lipinski definition) is 1. The van der Waals surface area contributed by atoms with Crippen LogP contribution in [-0.4, -0.2) is 13.1 Å². The molecule has 1 aromatic heterocycles. The molecule has 5 nitrogen and oxygen atoms in total. The molecular formula is C19H15NO4. The van der Waals surface area contributed by atoms with Crippen molar-refractivity contribution >= 4 is 28.7 Å². The van der Waals surface area contributed by atoms with Gasteiger partial charge in [0.25, 0.3) is 0 Å². The topological polar surface area (TPSA) is 82.5 Å². The van der Waals surface area contributed by atoms with Gasteiger partial charge in [0.1, 0.15) is 5.58 Å². The minimum absolute atomic E-state index is 0.140. The lowest BCUT2D eigenvalue weighted by Gasteiger charge is -2.12. The number of nitrogen functional groups attached to an aromatic ring is 1. The van der Waals surface area contributed by atoms with Crippen molar-refractivity contribution < 1.29 is 13.9 Å². The van der Waals surface area contributed by atoms with E-state index in [1.54, 1.807) is 18.2 Å². The predicted molar refractivity (Wildman–Crippen MR) is 93.8 cm³/mol. The fourth-order valence-electron chi connectivity index (χ4n) is 2.66. The van der Waals surface area contributed by atoms with Crippen LogP contribution in [0.25, 0.3) is 28.2 Å². The molecule has 24 heavy (non-hydrogen) atoms. The first kappa shape index (κ1) is 15.6. The van der Waals surface area contributed by atoms with Crippen LogP contribution in [0, 0.1) is 0 Å². The van der Waals surface area contributed by atoms with Gasteiger partial charge < -0.3 is 14.9 Å². The second-order valence-electron chi connectivity index (χ2n) is 5.20. The van der Waals surface area contributed by atoms with Crippen LogP contribution < -0.4 is 11.4 Å². The highest BCUT2D eigenvalue weighted by atomic mass is 16.5. The highest BCUT2D eigenvalue weighted by Gasteiger charge is 2.17. The minimum atomic E-state index is -0.637. The molecule has 0 atom stereocenters. The second kappa shape index (κ2) is 6.04. The standard InChI is InChI=1S/C19H15NO4/c1-3-11-6-4-5-7-12(11)13-8-14-15(19(22)23-2)9-18(21)24-17(14)10-16(13)20/h3-10H,1,20H2,2H3. The molecule has 0 bridgehead atoms. The zero-order chi connectivity index (χ0) is 17.3. The van der Waals surface area contributed by atoms with Gasteiger partial charge in [-0.25, -0.2) is 9.59 Å². The number of esters is 1. The van der Waals surface area contributed by atoms with E-state index in [9.17, 15) is 9.59 Å². The van der Waals surface area contributed by atoms with Crippen LogP contribution >= 0.6 is 0 Å². The van der Waals surface area contributed by atoms with Crippen molar-refractivity contribution in [1.29, 1.82) is 0 Å². The van der Waals surface area contributed by atoms with E-state index < -0.39 is 11.6 Å². The Balaban J connectivity index is 2.37. The molecule has 1 heterocycles. The first-order valence-electron chi connectivity index (χ1n) is 7.22. The summed E-state index contributed by atoms with van der Waals surface area (Å²) in [5, 5.41) is 0.463. The first-order chi connectivity index (χ1) is 11.5. The normalized spacial score (nSPS) is 10.5. The summed E-state index contributed by atoms with van der Waals surface area (Å²) in [4.78, 5) is 23.6. The molecule has 5 heteroatoms. The highest BCUT2D eigenvalue weighted by molar-refractivity contribution is 6.05. The molecule has 0 aliphatic rings. The molecule has 0 saturated carbocycles. The quantitative estimate of drug-likeness (QED) is 0.454. The summed E-state index contributed by atoms with van der Waals surface area (Å²) in [6, 6.07) is 12.0. The second-order valence-corrected chi connectivity index (χ2v) is 5.20. The van der Waals surface area contributed by atoms with E-state index in [-0.39, 0.29) is 11.1 Å². The zero-order valence-corrected chi connectivity index (χ0v) is 13.0. The number of nitrogens with two attached hydrogens (primary N) is 1. The van der Waals surface area contributed by atoms with Crippen LogP contribution in [0.15, 0.2) is 58.3 Å².